The second-order valence-electron chi connectivity index (χ2n) is 2.21. The Morgan fingerprint density at radius 2 is 1.06 bits per heavy atom. The molecule has 11 heteroatoms. The van der Waals surface area contributed by atoms with E-state index >= 15 is 0 Å². The number of carbonyl (C=O) groups is 2. The summed E-state index contributed by atoms with van der Waals surface area (Å²) in [7, 11) is 0. The molecule has 0 aromatic rings. The van der Waals surface area contributed by atoms with Crippen LogP contribution in [0.25, 0.3) is 0 Å². The molecule has 0 heterocycles. The SMILES string of the molecule is CC(O)C(=O)[O-].CC(O)C(=O)[O-].O=[N+]([O-])[O-].[Bi+3]. The number of rotatable bonds is 2. The fourth-order valence-corrected chi connectivity index (χ4v) is 0. The summed E-state index contributed by atoms with van der Waals surface area (Å²) in [6.07, 6.45) is -2.69. The van der Waals surface area contributed by atoms with Crippen molar-refractivity contribution in [3.8, 4) is 0 Å². The van der Waals surface area contributed by atoms with E-state index in [1.807, 2.05) is 0 Å². The van der Waals surface area contributed by atoms with Gasteiger partial charge in [-0.2, -0.15) is 0 Å². The zero-order chi connectivity index (χ0) is 13.9. The Kier molecular flexibility index (Phi) is 21.9. The van der Waals surface area contributed by atoms with Crippen LogP contribution in [0.1, 0.15) is 13.8 Å². The van der Waals surface area contributed by atoms with Crippen LogP contribution < -0.4 is 10.2 Å². The number of aliphatic hydroxyl groups excluding tert-OH is 2. The van der Waals surface area contributed by atoms with Crippen LogP contribution >= 0.6 is 0 Å². The Morgan fingerprint density at radius 1 is 1.00 bits per heavy atom. The summed E-state index contributed by atoms with van der Waals surface area (Å²) in [4.78, 5) is 26.9. The molecule has 0 fully saturated rings. The first-order chi connectivity index (χ1) is 7.02. The Labute approximate surface area is 115 Å². The molecule has 0 spiro atoms. The number of hydrogen-bond donors (Lipinski definition) is 2. The number of aliphatic carboxylic acids is 2. The van der Waals surface area contributed by atoms with E-state index in [0.29, 0.717) is 0 Å². The zero-order valence-corrected chi connectivity index (χ0v) is 12.3. The Bertz CT molecular complexity index is 208. The molecular weight excluding hydrogens is 439 g/mol. The van der Waals surface area contributed by atoms with E-state index in [4.69, 9.17) is 25.5 Å². The second kappa shape index (κ2) is 14.9. The second-order valence-corrected chi connectivity index (χ2v) is 2.21. The van der Waals surface area contributed by atoms with Crippen molar-refractivity contribution >= 4 is 38.1 Å². The maximum Gasteiger partial charge on any atom is 3.00 e. The number of hydrogen-bond acceptors (Lipinski definition) is 9. The quantitative estimate of drug-likeness (QED) is 0.239. The summed E-state index contributed by atoms with van der Waals surface area (Å²) in [5.74, 6) is -2.87. The molecule has 17 heavy (non-hydrogen) atoms. The molecule has 0 saturated carbocycles. The van der Waals surface area contributed by atoms with Crippen LogP contribution in [0.2, 0.25) is 0 Å². The topological polar surface area (TPSA) is 187 Å². The molecule has 2 N–H and O–H groups in total. The minimum Gasteiger partial charge on any atom is -0.547 e. The minimum absolute atomic E-state index is 0. The molecular formula is C6H10BiNO9. The molecule has 0 saturated heterocycles. The number of nitrogens with zero attached hydrogens (tertiary/aromatic N) is 1. The Morgan fingerprint density at radius 3 is 1.06 bits per heavy atom. The molecule has 0 aromatic heterocycles. The third-order valence-electron chi connectivity index (χ3n) is 0.682. The molecule has 2 radical (unpaired) electrons. The van der Waals surface area contributed by atoms with Crippen LogP contribution in [0.15, 0.2) is 0 Å². The molecule has 2 unspecified atom stereocenters. The maximum absolute atomic E-state index is 9.34. The van der Waals surface area contributed by atoms with Crippen molar-refractivity contribution in [1.82, 2.24) is 0 Å². The Hall–Kier alpha value is -1.06. The molecule has 0 amide bonds. The number of carboxylic acids is 2. The molecule has 0 aromatic carbocycles. The van der Waals surface area contributed by atoms with Gasteiger partial charge < -0.3 is 45.3 Å². The Balaban J connectivity index is -0.0000000741. The minimum atomic E-state index is -1.75. The van der Waals surface area contributed by atoms with Gasteiger partial charge in [-0.05, 0) is 13.8 Å². The van der Waals surface area contributed by atoms with Crippen molar-refractivity contribution in [3.63, 3.8) is 0 Å². The van der Waals surface area contributed by atoms with E-state index in [1.54, 1.807) is 0 Å². The van der Waals surface area contributed by atoms with Gasteiger partial charge >= 0.3 is 26.2 Å². The maximum atomic E-state index is 9.34. The van der Waals surface area contributed by atoms with Crippen molar-refractivity contribution < 1.29 is 35.1 Å². The first-order valence-corrected chi connectivity index (χ1v) is 3.61. The van der Waals surface area contributed by atoms with Crippen molar-refractivity contribution in [2.75, 3.05) is 0 Å². The van der Waals surface area contributed by atoms with Crippen molar-refractivity contribution in [3.05, 3.63) is 15.3 Å². The van der Waals surface area contributed by atoms with Crippen LogP contribution in [0.5, 0.6) is 0 Å². The first kappa shape index (κ1) is 25.0. The molecule has 0 aliphatic carbocycles. The van der Waals surface area contributed by atoms with Gasteiger partial charge in [0.2, 0.25) is 0 Å². The molecule has 10 nitrogen and oxygen atoms in total. The van der Waals surface area contributed by atoms with E-state index in [9.17, 15) is 19.8 Å². The van der Waals surface area contributed by atoms with Crippen LogP contribution in [0, 0.1) is 15.3 Å². The largest absolute Gasteiger partial charge is 3.00 e. The van der Waals surface area contributed by atoms with Crippen LogP contribution in [-0.4, -0.2) is 65.6 Å². The van der Waals surface area contributed by atoms with Gasteiger partial charge in [-0.25, -0.2) is 0 Å². The van der Waals surface area contributed by atoms with E-state index < -0.39 is 29.2 Å². The van der Waals surface area contributed by atoms with Crippen molar-refractivity contribution in [2.45, 2.75) is 26.1 Å². The molecule has 0 rings (SSSR count). The predicted octanol–water partition coefficient (Wildman–Crippen LogP) is -4.39. The monoisotopic (exact) mass is 449 g/mol. The van der Waals surface area contributed by atoms with Crippen molar-refractivity contribution in [2.24, 2.45) is 0 Å². The fraction of sp³-hybridized carbons (Fsp3) is 0.667. The van der Waals surface area contributed by atoms with Crippen LogP contribution in [0.4, 0.5) is 0 Å². The summed E-state index contributed by atoms with van der Waals surface area (Å²) in [5.41, 5.74) is 0. The van der Waals surface area contributed by atoms with Gasteiger partial charge in [-0.15, -0.1) is 0 Å². The average molecular weight is 449 g/mol. The number of carboxylic acid groups (broad SMARTS) is 2. The summed E-state index contributed by atoms with van der Waals surface area (Å²) < 4.78 is 0. The first-order valence-electron chi connectivity index (χ1n) is 3.61. The number of aliphatic hydroxyl groups is 2. The normalized spacial score (nSPS) is 11.1. The van der Waals surface area contributed by atoms with Gasteiger partial charge in [-0.3, -0.25) is 0 Å². The van der Waals surface area contributed by atoms with Gasteiger partial charge in [0.15, 0.2) is 0 Å². The molecule has 2 atom stereocenters. The summed E-state index contributed by atoms with van der Waals surface area (Å²) in [5, 5.41) is 49.4. The van der Waals surface area contributed by atoms with Gasteiger partial charge in [0, 0.05) is 0 Å². The smallest absolute Gasteiger partial charge is 0.547 e. The van der Waals surface area contributed by atoms with Gasteiger partial charge in [0.05, 0.1) is 29.2 Å². The third-order valence-corrected chi connectivity index (χ3v) is 0.682. The fourth-order valence-electron chi connectivity index (χ4n) is 0. The predicted molar refractivity (Wildman–Crippen MR) is 49.5 cm³/mol. The number of carbonyl (C=O) groups excluding carboxylic acids is 2. The van der Waals surface area contributed by atoms with Gasteiger partial charge in [0.1, 0.15) is 0 Å². The average Bonchev–Trinajstić information content (AvgIpc) is 2.03. The summed E-state index contributed by atoms with van der Waals surface area (Å²) in [6.45, 7) is 2.27. The van der Waals surface area contributed by atoms with Gasteiger partial charge in [0.25, 0.3) is 0 Å². The zero-order valence-electron chi connectivity index (χ0n) is 8.80. The van der Waals surface area contributed by atoms with E-state index in [1.165, 1.54) is 0 Å². The van der Waals surface area contributed by atoms with E-state index in [0.717, 1.165) is 13.8 Å². The molecule has 0 aliphatic heterocycles. The van der Waals surface area contributed by atoms with Crippen molar-refractivity contribution in [1.29, 1.82) is 0 Å². The van der Waals surface area contributed by atoms with Crippen LogP contribution in [-0.2, 0) is 9.59 Å². The molecule has 0 bridgehead atoms. The summed E-state index contributed by atoms with van der Waals surface area (Å²) >= 11 is 0. The molecule has 0 aliphatic rings. The molecule has 98 valence electrons. The van der Waals surface area contributed by atoms with E-state index in [-0.39, 0.29) is 26.2 Å². The third kappa shape index (κ3) is 51.9. The standard InChI is InChI=1S/2C3H6O3.Bi.NO3/c2*1-2(4)3(5)6;;2-1(3)4/h2*2,4H,1H3,(H,5,6);;/q;;+3;-1/p-2. The van der Waals surface area contributed by atoms with Crippen LogP contribution in [0.3, 0.4) is 0 Å². The van der Waals surface area contributed by atoms with E-state index in [2.05, 4.69) is 0 Å². The van der Waals surface area contributed by atoms with Gasteiger partial charge in [-0.1, -0.05) is 0 Å². The summed E-state index contributed by atoms with van der Waals surface area (Å²) in [6, 6.07) is 0.